The quantitative estimate of drug-likeness (QED) is 0.327. The molecule has 0 heterocycles. The Morgan fingerprint density at radius 2 is 1.79 bits per heavy atom. The second-order valence-corrected chi connectivity index (χ2v) is 6.25. The number of hydrogen-bond acceptors (Lipinski definition) is 6. The SMILES string of the molecule is O=C(COc1cccc(Cl)c1)NN=Cc1cc(N=Nc2ccccc2)ccc1O. The van der Waals surface area contributed by atoms with Crippen LogP contribution in [0.15, 0.2) is 88.1 Å². The van der Waals surface area contributed by atoms with Crippen molar-refractivity contribution in [2.75, 3.05) is 6.61 Å². The van der Waals surface area contributed by atoms with Gasteiger partial charge in [-0.3, -0.25) is 4.79 Å². The molecular weight excluding hydrogens is 392 g/mol. The van der Waals surface area contributed by atoms with Gasteiger partial charge in [0, 0.05) is 10.6 Å². The van der Waals surface area contributed by atoms with Crippen LogP contribution in [0, 0.1) is 0 Å². The van der Waals surface area contributed by atoms with Crippen molar-refractivity contribution in [2.45, 2.75) is 0 Å². The zero-order valence-electron chi connectivity index (χ0n) is 15.2. The second-order valence-electron chi connectivity index (χ2n) is 5.82. The summed E-state index contributed by atoms with van der Waals surface area (Å²) in [6.45, 7) is -0.227. The highest BCUT2D eigenvalue weighted by molar-refractivity contribution is 6.30. The van der Waals surface area contributed by atoms with Gasteiger partial charge in [-0.1, -0.05) is 35.9 Å². The van der Waals surface area contributed by atoms with Crippen LogP contribution in [0.4, 0.5) is 11.4 Å². The summed E-state index contributed by atoms with van der Waals surface area (Å²) in [5, 5.41) is 22.5. The van der Waals surface area contributed by atoms with Crippen LogP contribution in [0.5, 0.6) is 11.5 Å². The number of phenolic OH excluding ortho intramolecular Hbond substituents is 1. The van der Waals surface area contributed by atoms with Gasteiger partial charge < -0.3 is 9.84 Å². The zero-order chi connectivity index (χ0) is 20.5. The average Bonchev–Trinajstić information content (AvgIpc) is 2.73. The molecule has 0 bridgehead atoms. The van der Waals surface area contributed by atoms with Crippen LogP contribution >= 0.6 is 11.6 Å². The molecule has 1 amide bonds. The number of amides is 1. The van der Waals surface area contributed by atoms with Crippen molar-refractivity contribution >= 4 is 35.1 Å². The monoisotopic (exact) mass is 408 g/mol. The van der Waals surface area contributed by atoms with Crippen LogP contribution in [0.2, 0.25) is 5.02 Å². The number of ether oxygens (including phenoxy) is 1. The number of azo groups is 1. The molecule has 2 N–H and O–H groups in total. The second kappa shape index (κ2) is 10.0. The van der Waals surface area contributed by atoms with Crippen molar-refractivity contribution in [3.8, 4) is 11.5 Å². The van der Waals surface area contributed by atoms with E-state index in [0.29, 0.717) is 27.7 Å². The molecule has 7 nitrogen and oxygen atoms in total. The lowest BCUT2D eigenvalue weighted by atomic mass is 10.2. The normalized spacial score (nSPS) is 11.1. The first-order valence-electron chi connectivity index (χ1n) is 8.60. The lowest BCUT2D eigenvalue weighted by Crippen LogP contribution is -2.24. The van der Waals surface area contributed by atoms with E-state index in [-0.39, 0.29) is 12.4 Å². The first kappa shape index (κ1) is 20.0. The first-order chi connectivity index (χ1) is 14.1. The zero-order valence-corrected chi connectivity index (χ0v) is 16.0. The molecule has 0 aliphatic rings. The molecule has 29 heavy (non-hydrogen) atoms. The minimum atomic E-state index is -0.458. The van der Waals surface area contributed by atoms with Gasteiger partial charge in [0.25, 0.3) is 5.91 Å². The van der Waals surface area contributed by atoms with Crippen LogP contribution in [0.1, 0.15) is 5.56 Å². The van der Waals surface area contributed by atoms with Crippen molar-refractivity contribution in [1.82, 2.24) is 5.43 Å². The van der Waals surface area contributed by atoms with Gasteiger partial charge in [-0.25, -0.2) is 5.43 Å². The van der Waals surface area contributed by atoms with E-state index in [1.807, 2.05) is 30.3 Å². The molecule has 3 aromatic rings. The molecule has 0 aliphatic heterocycles. The van der Waals surface area contributed by atoms with E-state index in [2.05, 4.69) is 20.8 Å². The summed E-state index contributed by atoms with van der Waals surface area (Å²) in [6, 6.07) is 20.7. The third-order valence-corrected chi connectivity index (χ3v) is 3.84. The van der Waals surface area contributed by atoms with Gasteiger partial charge in [0.05, 0.1) is 17.6 Å². The van der Waals surface area contributed by atoms with Gasteiger partial charge in [0.1, 0.15) is 11.5 Å². The highest BCUT2D eigenvalue weighted by atomic mass is 35.5. The standard InChI is InChI=1S/C21H17ClN4O3/c22-16-5-4-8-19(12-16)29-14-21(28)26-23-13-15-11-18(9-10-20(15)27)25-24-17-6-2-1-3-7-17/h1-13,27H,14H2,(H,26,28). The summed E-state index contributed by atoms with van der Waals surface area (Å²) < 4.78 is 5.32. The van der Waals surface area contributed by atoms with E-state index < -0.39 is 5.91 Å². The topological polar surface area (TPSA) is 95.6 Å². The maximum atomic E-state index is 11.8. The number of carbonyl (C=O) groups excluding carboxylic acids is 1. The van der Waals surface area contributed by atoms with Gasteiger partial charge >= 0.3 is 0 Å². The maximum absolute atomic E-state index is 11.8. The molecule has 0 saturated carbocycles. The maximum Gasteiger partial charge on any atom is 0.277 e. The Kier molecular flexibility index (Phi) is 6.91. The molecule has 0 saturated heterocycles. The predicted molar refractivity (Wildman–Crippen MR) is 111 cm³/mol. The molecule has 0 aromatic heterocycles. The molecule has 3 aromatic carbocycles. The minimum Gasteiger partial charge on any atom is -0.507 e. The lowest BCUT2D eigenvalue weighted by molar-refractivity contribution is -0.123. The number of benzene rings is 3. The predicted octanol–water partition coefficient (Wildman–Crippen LogP) is 4.99. The Morgan fingerprint density at radius 3 is 2.59 bits per heavy atom. The van der Waals surface area contributed by atoms with Crippen molar-refractivity contribution in [3.05, 3.63) is 83.4 Å². The van der Waals surface area contributed by atoms with E-state index in [0.717, 1.165) is 0 Å². The van der Waals surface area contributed by atoms with Crippen LogP contribution in [0.25, 0.3) is 0 Å². The number of hydrazone groups is 1. The average molecular weight is 409 g/mol. The summed E-state index contributed by atoms with van der Waals surface area (Å²) in [4.78, 5) is 11.8. The molecule has 3 rings (SSSR count). The number of phenols is 1. The fourth-order valence-corrected chi connectivity index (χ4v) is 2.41. The summed E-state index contributed by atoms with van der Waals surface area (Å²) in [5.41, 5.74) is 3.95. The van der Waals surface area contributed by atoms with Gasteiger partial charge in [-0.2, -0.15) is 15.3 Å². The molecule has 146 valence electrons. The first-order valence-corrected chi connectivity index (χ1v) is 8.98. The van der Waals surface area contributed by atoms with E-state index in [1.54, 1.807) is 36.4 Å². The fraction of sp³-hybridized carbons (Fsp3) is 0.0476. The molecule has 8 heteroatoms. The molecular formula is C21H17ClN4O3. The number of nitrogens with zero attached hydrogens (tertiary/aromatic N) is 3. The number of rotatable bonds is 7. The highest BCUT2D eigenvalue weighted by Gasteiger charge is 2.03. The smallest absolute Gasteiger partial charge is 0.277 e. The molecule has 0 aliphatic carbocycles. The lowest BCUT2D eigenvalue weighted by Gasteiger charge is -2.05. The number of aromatic hydroxyl groups is 1. The molecule has 0 spiro atoms. The third kappa shape index (κ3) is 6.44. The van der Waals surface area contributed by atoms with Crippen molar-refractivity contribution < 1.29 is 14.6 Å². The van der Waals surface area contributed by atoms with Crippen LogP contribution in [-0.4, -0.2) is 23.8 Å². The van der Waals surface area contributed by atoms with Crippen LogP contribution in [-0.2, 0) is 4.79 Å². The van der Waals surface area contributed by atoms with Crippen LogP contribution < -0.4 is 10.2 Å². The van der Waals surface area contributed by atoms with Gasteiger partial charge in [0.2, 0.25) is 0 Å². The van der Waals surface area contributed by atoms with Crippen molar-refractivity contribution in [1.29, 1.82) is 0 Å². The minimum absolute atomic E-state index is 0.00293. The van der Waals surface area contributed by atoms with E-state index >= 15 is 0 Å². The van der Waals surface area contributed by atoms with Gasteiger partial charge in [-0.05, 0) is 48.5 Å². The molecule has 0 radical (unpaired) electrons. The Balaban J connectivity index is 1.56. The number of hydrogen-bond donors (Lipinski definition) is 2. The number of nitrogens with one attached hydrogen (secondary N) is 1. The van der Waals surface area contributed by atoms with E-state index in [9.17, 15) is 9.90 Å². The van der Waals surface area contributed by atoms with Crippen LogP contribution in [0.3, 0.4) is 0 Å². The fourth-order valence-electron chi connectivity index (χ4n) is 2.23. The Labute approximate surface area is 172 Å². The number of halogens is 1. The van der Waals surface area contributed by atoms with E-state index in [4.69, 9.17) is 16.3 Å². The largest absolute Gasteiger partial charge is 0.507 e. The Bertz CT molecular complexity index is 1040. The number of carbonyl (C=O) groups is 1. The summed E-state index contributed by atoms with van der Waals surface area (Å²) in [7, 11) is 0. The summed E-state index contributed by atoms with van der Waals surface area (Å²) in [5.74, 6) is 0.0169. The van der Waals surface area contributed by atoms with Gasteiger partial charge in [0.15, 0.2) is 6.61 Å². The van der Waals surface area contributed by atoms with Crippen molar-refractivity contribution in [2.24, 2.45) is 15.3 Å². The molecule has 0 fully saturated rings. The Morgan fingerprint density at radius 1 is 1.00 bits per heavy atom. The molecule has 0 unspecified atom stereocenters. The molecule has 0 atom stereocenters. The highest BCUT2D eigenvalue weighted by Crippen LogP contribution is 2.24. The van der Waals surface area contributed by atoms with E-state index in [1.165, 1.54) is 12.3 Å². The third-order valence-electron chi connectivity index (χ3n) is 3.61. The van der Waals surface area contributed by atoms with Gasteiger partial charge in [-0.15, -0.1) is 0 Å². The van der Waals surface area contributed by atoms with Crippen molar-refractivity contribution in [3.63, 3.8) is 0 Å². The summed E-state index contributed by atoms with van der Waals surface area (Å²) >= 11 is 5.85. The Hall–Kier alpha value is -3.71. The summed E-state index contributed by atoms with van der Waals surface area (Å²) in [6.07, 6.45) is 1.31.